The van der Waals surface area contributed by atoms with Crippen molar-refractivity contribution in [2.45, 2.75) is 6.92 Å². The molecule has 0 bridgehead atoms. The van der Waals surface area contributed by atoms with Crippen molar-refractivity contribution in [3.8, 4) is 0 Å². The van der Waals surface area contributed by atoms with Crippen molar-refractivity contribution in [1.82, 2.24) is 9.97 Å². The number of nitrogens with zero attached hydrogens (tertiary/aromatic N) is 2. The third-order valence-electron chi connectivity index (χ3n) is 2.84. The van der Waals surface area contributed by atoms with Crippen LogP contribution in [0.3, 0.4) is 0 Å². The summed E-state index contributed by atoms with van der Waals surface area (Å²) in [6, 6.07) is 5.62. The van der Waals surface area contributed by atoms with E-state index in [2.05, 4.69) is 20.6 Å². The quantitative estimate of drug-likeness (QED) is 0.671. The Balaban J connectivity index is 2.36. The normalized spacial score (nSPS) is 10.2. The minimum atomic E-state index is -0.599. The van der Waals surface area contributed by atoms with Gasteiger partial charge in [-0.25, -0.2) is 19.2 Å². The molecule has 122 valence electrons. The summed E-state index contributed by atoms with van der Waals surface area (Å²) in [5.74, 6) is -0.491. The number of aliphatic hydroxyl groups excluding tert-OH is 1. The third kappa shape index (κ3) is 4.36. The van der Waals surface area contributed by atoms with E-state index < -0.39 is 5.97 Å². The predicted molar refractivity (Wildman–Crippen MR) is 83.2 cm³/mol. The van der Waals surface area contributed by atoms with E-state index >= 15 is 0 Å². The maximum atomic E-state index is 13.0. The topological polar surface area (TPSA) is 96.4 Å². The molecule has 8 heteroatoms. The number of hydrogen-bond donors (Lipinski definition) is 3. The largest absolute Gasteiger partial charge is 0.462 e. The number of hydrogen-bond acceptors (Lipinski definition) is 7. The molecule has 0 radical (unpaired) electrons. The minimum absolute atomic E-state index is 0.118. The number of halogens is 1. The highest BCUT2D eigenvalue weighted by molar-refractivity contribution is 6.00. The van der Waals surface area contributed by atoms with Crippen LogP contribution in [0, 0.1) is 5.82 Å². The number of aromatic nitrogens is 2. The highest BCUT2D eigenvalue weighted by Gasteiger charge is 2.20. The van der Waals surface area contributed by atoms with Gasteiger partial charge in [0.15, 0.2) is 5.82 Å². The van der Waals surface area contributed by atoms with E-state index in [1.165, 1.54) is 30.6 Å². The average Bonchev–Trinajstić information content (AvgIpc) is 2.55. The molecule has 1 aromatic heterocycles. The lowest BCUT2D eigenvalue weighted by Gasteiger charge is -2.14. The molecule has 2 rings (SSSR count). The smallest absolute Gasteiger partial charge is 0.345 e. The number of aliphatic hydroxyl groups is 1. The van der Waals surface area contributed by atoms with Crippen molar-refractivity contribution in [2.75, 3.05) is 30.4 Å². The lowest BCUT2D eigenvalue weighted by Crippen LogP contribution is -2.16. The number of carbonyl (C=O) groups is 1. The molecule has 23 heavy (non-hydrogen) atoms. The van der Waals surface area contributed by atoms with Crippen molar-refractivity contribution >= 4 is 23.3 Å². The number of nitrogens with one attached hydrogen (secondary N) is 2. The first-order valence-corrected chi connectivity index (χ1v) is 7.05. The summed E-state index contributed by atoms with van der Waals surface area (Å²) in [6.07, 6.45) is 1.27. The van der Waals surface area contributed by atoms with E-state index in [9.17, 15) is 9.18 Å². The van der Waals surface area contributed by atoms with Crippen LogP contribution in [0.2, 0.25) is 0 Å². The summed E-state index contributed by atoms with van der Waals surface area (Å²) in [6.45, 7) is 1.99. The molecule has 2 aromatic rings. The molecular weight excluding hydrogens is 303 g/mol. The van der Waals surface area contributed by atoms with Crippen molar-refractivity contribution in [1.29, 1.82) is 0 Å². The van der Waals surface area contributed by atoms with Crippen molar-refractivity contribution in [2.24, 2.45) is 0 Å². The Morgan fingerprint density at radius 3 is 2.61 bits per heavy atom. The van der Waals surface area contributed by atoms with Crippen LogP contribution in [0.5, 0.6) is 0 Å². The molecule has 0 aliphatic carbocycles. The van der Waals surface area contributed by atoms with Crippen LogP contribution in [0.15, 0.2) is 30.6 Å². The Bertz CT molecular complexity index is 664. The van der Waals surface area contributed by atoms with Gasteiger partial charge in [-0.15, -0.1) is 0 Å². The van der Waals surface area contributed by atoms with E-state index in [1.807, 2.05) is 0 Å². The molecule has 0 unspecified atom stereocenters. The molecule has 0 fully saturated rings. The number of anilines is 3. The summed E-state index contributed by atoms with van der Waals surface area (Å²) in [5.41, 5.74) is 0.677. The van der Waals surface area contributed by atoms with Crippen molar-refractivity contribution < 1.29 is 19.0 Å². The Morgan fingerprint density at radius 1 is 1.26 bits per heavy atom. The molecule has 0 aliphatic heterocycles. The number of carbonyl (C=O) groups excluding carboxylic acids is 1. The van der Waals surface area contributed by atoms with Gasteiger partial charge in [0.2, 0.25) is 0 Å². The summed E-state index contributed by atoms with van der Waals surface area (Å²) < 4.78 is 18.0. The van der Waals surface area contributed by atoms with E-state index in [4.69, 9.17) is 9.84 Å². The van der Waals surface area contributed by atoms with Gasteiger partial charge in [-0.1, -0.05) is 0 Å². The Kier molecular flexibility index (Phi) is 5.81. The zero-order valence-electron chi connectivity index (χ0n) is 12.5. The molecule has 0 atom stereocenters. The van der Waals surface area contributed by atoms with Crippen LogP contribution in [0.1, 0.15) is 17.3 Å². The van der Waals surface area contributed by atoms with E-state index in [0.717, 1.165) is 0 Å². The maximum absolute atomic E-state index is 13.0. The second kappa shape index (κ2) is 8.04. The van der Waals surface area contributed by atoms with E-state index in [1.54, 1.807) is 6.92 Å². The number of benzene rings is 1. The minimum Gasteiger partial charge on any atom is -0.462 e. The van der Waals surface area contributed by atoms with Gasteiger partial charge in [0.1, 0.15) is 23.5 Å². The number of ether oxygens (including phenoxy) is 1. The third-order valence-corrected chi connectivity index (χ3v) is 2.84. The fourth-order valence-electron chi connectivity index (χ4n) is 1.86. The second-order valence-electron chi connectivity index (χ2n) is 4.45. The molecule has 0 aliphatic rings. The molecule has 0 saturated carbocycles. The first-order chi connectivity index (χ1) is 11.2. The zero-order valence-corrected chi connectivity index (χ0v) is 12.5. The standard InChI is InChI=1S/C15H17FN4O3/c1-2-23-15(22)12-13(17-7-8-21)18-9-19-14(12)20-11-5-3-10(16)4-6-11/h3-6,9,21H,2,7-8H2,1H3,(H2,17,18,19,20). The summed E-state index contributed by atoms with van der Waals surface area (Å²) in [4.78, 5) is 20.2. The molecular formula is C15H17FN4O3. The molecule has 1 aromatic carbocycles. The van der Waals surface area contributed by atoms with Gasteiger partial charge in [0.05, 0.1) is 13.2 Å². The molecule has 3 N–H and O–H groups in total. The Labute approximate surface area is 132 Å². The van der Waals surface area contributed by atoms with Gasteiger partial charge in [-0.2, -0.15) is 0 Å². The zero-order chi connectivity index (χ0) is 16.7. The summed E-state index contributed by atoms with van der Waals surface area (Å²) in [7, 11) is 0. The molecule has 0 spiro atoms. The van der Waals surface area contributed by atoms with Gasteiger partial charge in [-0.3, -0.25) is 0 Å². The van der Waals surface area contributed by atoms with Crippen molar-refractivity contribution in [3.05, 3.63) is 42.0 Å². The SMILES string of the molecule is CCOC(=O)c1c(NCCO)ncnc1Nc1ccc(F)cc1. The summed E-state index contributed by atoms with van der Waals surface area (Å²) in [5, 5.41) is 14.7. The first-order valence-electron chi connectivity index (χ1n) is 7.05. The van der Waals surface area contributed by atoms with Gasteiger partial charge in [0, 0.05) is 12.2 Å². The highest BCUT2D eigenvalue weighted by Crippen LogP contribution is 2.24. The Hall–Kier alpha value is -2.74. The molecule has 0 amide bonds. The van der Waals surface area contributed by atoms with Crippen molar-refractivity contribution in [3.63, 3.8) is 0 Å². The van der Waals surface area contributed by atoms with Crippen LogP contribution in [-0.4, -0.2) is 40.8 Å². The van der Waals surface area contributed by atoms with E-state index in [-0.39, 0.29) is 42.8 Å². The molecule has 1 heterocycles. The van der Waals surface area contributed by atoms with Gasteiger partial charge >= 0.3 is 5.97 Å². The lowest BCUT2D eigenvalue weighted by molar-refractivity contribution is 0.0528. The second-order valence-corrected chi connectivity index (χ2v) is 4.45. The maximum Gasteiger partial charge on any atom is 0.345 e. The highest BCUT2D eigenvalue weighted by atomic mass is 19.1. The van der Waals surface area contributed by atoms with Crippen LogP contribution in [0.4, 0.5) is 21.7 Å². The van der Waals surface area contributed by atoms with Crippen LogP contribution in [0.25, 0.3) is 0 Å². The Morgan fingerprint density at radius 2 is 1.96 bits per heavy atom. The molecule has 0 saturated heterocycles. The molecule has 7 nitrogen and oxygen atoms in total. The van der Waals surface area contributed by atoms with Gasteiger partial charge in [0.25, 0.3) is 0 Å². The monoisotopic (exact) mass is 320 g/mol. The average molecular weight is 320 g/mol. The first kappa shape index (κ1) is 16.6. The lowest BCUT2D eigenvalue weighted by atomic mass is 10.2. The van der Waals surface area contributed by atoms with E-state index in [0.29, 0.717) is 5.69 Å². The van der Waals surface area contributed by atoms with Crippen LogP contribution >= 0.6 is 0 Å². The number of esters is 1. The van der Waals surface area contributed by atoms with Gasteiger partial charge in [-0.05, 0) is 31.2 Å². The van der Waals surface area contributed by atoms with Gasteiger partial charge < -0.3 is 20.5 Å². The fraction of sp³-hybridized carbons (Fsp3) is 0.267. The predicted octanol–water partition coefficient (Wildman–Crippen LogP) is 1.94. The fourth-order valence-corrected chi connectivity index (χ4v) is 1.86. The summed E-state index contributed by atoms with van der Waals surface area (Å²) >= 11 is 0. The van der Waals surface area contributed by atoms with Crippen LogP contribution in [-0.2, 0) is 4.74 Å². The number of rotatable bonds is 7. The van der Waals surface area contributed by atoms with Crippen LogP contribution < -0.4 is 10.6 Å².